The van der Waals surface area contributed by atoms with Gasteiger partial charge in [-0.3, -0.25) is 0 Å². The van der Waals surface area contributed by atoms with Crippen LogP contribution in [-0.2, 0) is 20.8 Å². The third kappa shape index (κ3) is 3.42. The zero-order chi connectivity index (χ0) is 15.4. The van der Waals surface area contributed by atoms with Crippen molar-refractivity contribution in [3.63, 3.8) is 0 Å². The molecule has 2 aliphatic rings. The summed E-state index contributed by atoms with van der Waals surface area (Å²) >= 11 is 0. The van der Waals surface area contributed by atoms with Crippen LogP contribution in [-0.4, -0.2) is 43.1 Å². The molecule has 5 heteroatoms. The fraction of sp³-hybridized carbons (Fsp3) is 0.588. The van der Waals surface area contributed by atoms with Crippen LogP contribution in [0, 0.1) is 0 Å². The number of carbonyl (C=O) groups excluding carboxylic acids is 1. The van der Waals surface area contributed by atoms with Gasteiger partial charge in [0.25, 0.3) is 0 Å². The van der Waals surface area contributed by atoms with Gasteiger partial charge in [-0.2, -0.15) is 0 Å². The van der Waals surface area contributed by atoms with E-state index in [0.717, 1.165) is 31.2 Å². The minimum atomic E-state index is -0.384. The molecule has 0 atom stereocenters. The number of hydrogen-bond acceptors (Lipinski definition) is 4. The number of ether oxygens (including phenoxy) is 3. The van der Waals surface area contributed by atoms with Crippen LogP contribution in [0.3, 0.4) is 0 Å². The van der Waals surface area contributed by atoms with Gasteiger partial charge in [0.2, 0.25) is 0 Å². The molecule has 1 heterocycles. The molecule has 0 unspecified atom stereocenters. The summed E-state index contributed by atoms with van der Waals surface area (Å²) in [6.45, 7) is 1.67. The summed E-state index contributed by atoms with van der Waals surface area (Å²) in [6.07, 6.45) is 3.19. The standard InChI is InChI=1S/C17H23NO4/c1-18(16(19)20-13-14-5-3-2-4-6-14)15-7-9-17(10-8-15)21-11-12-22-17/h2-6,15H,7-13H2,1H3. The molecule has 1 aliphatic heterocycles. The van der Waals surface area contributed by atoms with E-state index in [0.29, 0.717) is 19.8 Å². The Morgan fingerprint density at radius 3 is 2.50 bits per heavy atom. The highest BCUT2D eigenvalue weighted by atomic mass is 16.7. The number of nitrogens with zero attached hydrogens (tertiary/aromatic N) is 1. The lowest BCUT2D eigenvalue weighted by molar-refractivity contribution is -0.182. The van der Waals surface area contributed by atoms with Crippen LogP contribution < -0.4 is 0 Å². The second kappa shape index (κ2) is 6.67. The quantitative estimate of drug-likeness (QED) is 0.861. The third-order valence-corrected chi connectivity index (χ3v) is 4.57. The van der Waals surface area contributed by atoms with Gasteiger partial charge < -0.3 is 19.1 Å². The highest BCUT2D eigenvalue weighted by molar-refractivity contribution is 5.67. The molecule has 1 aromatic carbocycles. The molecule has 0 bridgehead atoms. The maximum Gasteiger partial charge on any atom is 0.410 e. The SMILES string of the molecule is CN(C(=O)OCc1ccccc1)C1CCC2(CC1)OCCO2. The Balaban J connectivity index is 1.47. The maximum absolute atomic E-state index is 12.2. The van der Waals surface area contributed by atoms with Crippen LogP contribution in [0.5, 0.6) is 0 Å². The first-order chi connectivity index (χ1) is 10.7. The van der Waals surface area contributed by atoms with Crippen LogP contribution in [0.2, 0.25) is 0 Å². The molecular formula is C17H23NO4. The average Bonchev–Trinajstić information content (AvgIpc) is 3.02. The van der Waals surface area contributed by atoms with Gasteiger partial charge in [0, 0.05) is 25.9 Å². The van der Waals surface area contributed by atoms with Gasteiger partial charge in [-0.05, 0) is 18.4 Å². The zero-order valence-corrected chi connectivity index (χ0v) is 13.0. The zero-order valence-electron chi connectivity index (χ0n) is 13.0. The van der Waals surface area contributed by atoms with E-state index >= 15 is 0 Å². The number of amides is 1. The molecule has 2 fully saturated rings. The van der Waals surface area contributed by atoms with E-state index in [1.165, 1.54) is 0 Å². The highest BCUT2D eigenvalue weighted by Crippen LogP contribution is 2.37. The molecule has 0 radical (unpaired) electrons. The fourth-order valence-electron chi connectivity index (χ4n) is 3.19. The van der Waals surface area contributed by atoms with Gasteiger partial charge in [0.15, 0.2) is 5.79 Å². The monoisotopic (exact) mass is 305 g/mol. The summed E-state index contributed by atoms with van der Waals surface area (Å²) in [4.78, 5) is 13.9. The second-order valence-electron chi connectivity index (χ2n) is 5.99. The van der Waals surface area contributed by atoms with Crippen LogP contribution in [0.15, 0.2) is 30.3 Å². The van der Waals surface area contributed by atoms with Gasteiger partial charge >= 0.3 is 6.09 Å². The Bertz CT molecular complexity index is 489. The largest absolute Gasteiger partial charge is 0.445 e. The number of hydrogen-bond donors (Lipinski definition) is 0. The molecule has 3 rings (SSSR count). The number of rotatable bonds is 3. The minimum absolute atomic E-state index is 0.196. The lowest BCUT2D eigenvalue weighted by Gasteiger charge is -2.38. The van der Waals surface area contributed by atoms with E-state index in [-0.39, 0.29) is 17.9 Å². The molecule has 5 nitrogen and oxygen atoms in total. The van der Waals surface area contributed by atoms with Crippen molar-refractivity contribution in [2.45, 2.75) is 44.1 Å². The predicted molar refractivity (Wildman–Crippen MR) is 81.3 cm³/mol. The fourth-order valence-corrected chi connectivity index (χ4v) is 3.19. The minimum Gasteiger partial charge on any atom is -0.445 e. The Morgan fingerprint density at radius 2 is 1.86 bits per heavy atom. The van der Waals surface area contributed by atoms with E-state index in [1.807, 2.05) is 37.4 Å². The summed E-state index contributed by atoms with van der Waals surface area (Å²) in [7, 11) is 1.81. The first-order valence-corrected chi connectivity index (χ1v) is 7.90. The van der Waals surface area contributed by atoms with E-state index in [2.05, 4.69) is 0 Å². The molecule has 1 aliphatic carbocycles. The van der Waals surface area contributed by atoms with Crippen molar-refractivity contribution in [2.75, 3.05) is 20.3 Å². The topological polar surface area (TPSA) is 48.0 Å². The van der Waals surface area contributed by atoms with Crippen molar-refractivity contribution in [1.82, 2.24) is 4.90 Å². The van der Waals surface area contributed by atoms with E-state index in [4.69, 9.17) is 14.2 Å². The van der Waals surface area contributed by atoms with Crippen molar-refractivity contribution in [3.8, 4) is 0 Å². The van der Waals surface area contributed by atoms with Crippen LogP contribution in [0.4, 0.5) is 4.79 Å². The second-order valence-corrected chi connectivity index (χ2v) is 5.99. The molecule has 120 valence electrons. The lowest BCUT2D eigenvalue weighted by atomic mass is 9.89. The molecule has 1 saturated carbocycles. The summed E-state index contributed by atoms with van der Waals surface area (Å²) in [6, 6.07) is 9.92. The molecule has 0 aromatic heterocycles. The van der Waals surface area contributed by atoms with E-state index in [1.54, 1.807) is 4.90 Å². The van der Waals surface area contributed by atoms with Gasteiger partial charge in [-0.15, -0.1) is 0 Å². The summed E-state index contributed by atoms with van der Waals surface area (Å²) in [5.74, 6) is -0.384. The first kappa shape index (κ1) is 15.3. The van der Waals surface area contributed by atoms with Gasteiger partial charge in [-0.25, -0.2) is 4.79 Å². The Hall–Kier alpha value is -1.59. The number of benzene rings is 1. The Labute approximate surface area is 131 Å². The average molecular weight is 305 g/mol. The molecule has 1 amide bonds. The molecule has 0 N–H and O–H groups in total. The smallest absolute Gasteiger partial charge is 0.410 e. The van der Waals surface area contributed by atoms with Crippen LogP contribution in [0.1, 0.15) is 31.2 Å². The summed E-state index contributed by atoms with van der Waals surface area (Å²) in [5, 5.41) is 0. The van der Waals surface area contributed by atoms with E-state index < -0.39 is 0 Å². The van der Waals surface area contributed by atoms with Crippen LogP contribution in [0.25, 0.3) is 0 Å². The normalized spacial score (nSPS) is 21.0. The van der Waals surface area contributed by atoms with Gasteiger partial charge in [-0.1, -0.05) is 30.3 Å². The van der Waals surface area contributed by atoms with Crippen molar-refractivity contribution >= 4 is 6.09 Å². The number of carbonyl (C=O) groups is 1. The first-order valence-electron chi connectivity index (χ1n) is 7.90. The molecule has 1 spiro atoms. The maximum atomic E-state index is 12.2. The third-order valence-electron chi connectivity index (χ3n) is 4.57. The lowest BCUT2D eigenvalue weighted by Crippen LogP contribution is -2.45. The summed E-state index contributed by atoms with van der Waals surface area (Å²) in [5.41, 5.74) is 1.000. The molecule has 1 aromatic rings. The van der Waals surface area contributed by atoms with Crippen molar-refractivity contribution in [2.24, 2.45) is 0 Å². The van der Waals surface area contributed by atoms with Crippen molar-refractivity contribution in [1.29, 1.82) is 0 Å². The Kier molecular flexibility index (Phi) is 4.64. The molecule has 1 saturated heterocycles. The van der Waals surface area contributed by atoms with Crippen molar-refractivity contribution in [3.05, 3.63) is 35.9 Å². The Morgan fingerprint density at radius 1 is 1.23 bits per heavy atom. The van der Waals surface area contributed by atoms with Gasteiger partial charge in [0.1, 0.15) is 6.61 Å². The van der Waals surface area contributed by atoms with Crippen LogP contribution >= 0.6 is 0 Å². The highest BCUT2D eigenvalue weighted by Gasteiger charge is 2.41. The molecule has 22 heavy (non-hydrogen) atoms. The van der Waals surface area contributed by atoms with Gasteiger partial charge in [0.05, 0.1) is 13.2 Å². The predicted octanol–water partition coefficient (Wildman–Crippen LogP) is 2.94. The summed E-state index contributed by atoms with van der Waals surface area (Å²) < 4.78 is 16.8. The molecular weight excluding hydrogens is 282 g/mol. The van der Waals surface area contributed by atoms with E-state index in [9.17, 15) is 4.79 Å². The van der Waals surface area contributed by atoms with Crippen molar-refractivity contribution < 1.29 is 19.0 Å².